The maximum absolute atomic E-state index is 5.20. The predicted molar refractivity (Wildman–Crippen MR) is 92.8 cm³/mol. The largest absolute Gasteiger partial charge is 0.497 e. The van der Waals surface area contributed by atoms with Crippen molar-refractivity contribution in [2.24, 2.45) is 5.92 Å². The number of hydrogen-bond donors (Lipinski definition) is 2. The fourth-order valence-electron chi connectivity index (χ4n) is 2.88. The summed E-state index contributed by atoms with van der Waals surface area (Å²) >= 11 is 0. The van der Waals surface area contributed by atoms with Crippen LogP contribution in [0, 0.1) is 12.8 Å². The number of aromatic nitrogens is 2. The number of benzene rings is 1. The lowest BCUT2D eigenvalue weighted by atomic mass is 10.00. The molecule has 0 radical (unpaired) electrons. The van der Waals surface area contributed by atoms with Crippen molar-refractivity contribution in [3.63, 3.8) is 0 Å². The quantitative estimate of drug-likeness (QED) is 0.889. The molecule has 2 N–H and O–H groups in total. The zero-order chi connectivity index (χ0) is 16.1. The van der Waals surface area contributed by atoms with Gasteiger partial charge in [0.25, 0.3) is 0 Å². The van der Waals surface area contributed by atoms with Crippen LogP contribution in [0.4, 0.5) is 5.82 Å². The number of ether oxygens (including phenoxy) is 1. The van der Waals surface area contributed by atoms with Gasteiger partial charge in [-0.25, -0.2) is 9.97 Å². The van der Waals surface area contributed by atoms with E-state index in [1.165, 1.54) is 12.8 Å². The van der Waals surface area contributed by atoms with Gasteiger partial charge in [0.1, 0.15) is 11.6 Å². The van der Waals surface area contributed by atoms with E-state index in [-0.39, 0.29) is 0 Å². The van der Waals surface area contributed by atoms with Crippen LogP contribution < -0.4 is 15.4 Å². The molecule has 3 rings (SSSR count). The van der Waals surface area contributed by atoms with Crippen LogP contribution in [0.1, 0.15) is 18.5 Å². The van der Waals surface area contributed by atoms with Crippen LogP contribution in [-0.2, 0) is 0 Å². The summed E-state index contributed by atoms with van der Waals surface area (Å²) in [5, 5.41) is 6.92. The summed E-state index contributed by atoms with van der Waals surface area (Å²) in [6, 6.07) is 9.85. The van der Waals surface area contributed by atoms with E-state index in [1.54, 1.807) is 7.11 Å². The minimum atomic E-state index is 0.670. The Hall–Kier alpha value is -2.14. The van der Waals surface area contributed by atoms with Gasteiger partial charge in [-0.2, -0.15) is 0 Å². The van der Waals surface area contributed by atoms with Crippen LogP contribution in [0.3, 0.4) is 0 Å². The number of rotatable bonds is 5. The minimum Gasteiger partial charge on any atom is -0.497 e. The highest BCUT2D eigenvalue weighted by Gasteiger charge is 2.13. The van der Waals surface area contributed by atoms with Crippen molar-refractivity contribution in [3.05, 3.63) is 36.0 Å². The van der Waals surface area contributed by atoms with Gasteiger partial charge in [0.2, 0.25) is 0 Å². The fourth-order valence-corrected chi connectivity index (χ4v) is 2.88. The average Bonchev–Trinajstić information content (AvgIpc) is 2.60. The molecule has 2 heterocycles. The van der Waals surface area contributed by atoms with E-state index < -0.39 is 0 Å². The van der Waals surface area contributed by atoms with Crippen molar-refractivity contribution >= 4 is 5.82 Å². The topological polar surface area (TPSA) is 59.1 Å². The van der Waals surface area contributed by atoms with E-state index in [1.807, 2.05) is 37.3 Å². The van der Waals surface area contributed by atoms with E-state index in [9.17, 15) is 0 Å². The second kappa shape index (κ2) is 7.42. The molecule has 1 aliphatic rings. The molecule has 0 amide bonds. The lowest BCUT2D eigenvalue weighted by Crippen LogP contribution is -2.33. The van der Waals surface area contributed by atoms with E-state index in [2.05, 4.69) is 20.6 Å². The lowest BCUT2D eigenvalue weighted by Gasteiger charge is -2.23. The first-order valence-corrected chi connectivity index (χ1v) is 8.19. The zero-order valence-corrected chi connectivity index (χ0v) is 13.8. The van der Waals surface area contributed by atoms with Crippen molar-refractivity contribution in [1.82, 2.24) is 15.3 Å². The second-order valence-corrected chi connectivity index (χ2v) is 6.04. The number of hydrogen-bond acceptors (Lipinski definition) is 5. The lowest BCUT2D eigenvalue weighted by molar-refractivity contribution is 0.392. The molecule has 122 valence electrons. The van der Waals surface area contributed by atoms with Gasteiger partial charge in [-0.15, -0.1) is 0 Å². The monoisotopic (exact) mass is 312 g/mol. The van der Waals surface area contributed by atoms with Crippen LogP contribution in [-0.4, -0.2) is 36.7 Å². The molecule has 0 spiro atoms. The van der Waals surface area contributed by atoms with Crippen LogP contribution in [0.25, 0.3) is 11.4 Å². The predicted octanol–water partition coefficient (Wildman–Crippen LogP) is 2.87. The Labute approximate surface area is 137 Å². The Bertz CT molecular complexity index is 636. The molecule has 23 heavy (non-hydrogen) atoms. The number of methoxy groups -OCH3 is 1. The summed E-state index contributed by atoms with van der Waals surface area (Å²) in [6.07, 6.45) is 2.53. The molecule has 1 atom stereocenters. The maximum Gasteiger partial charge on any atom is 0.161 e. The third kappa shape index (κ3) is 4.20. The number of nitrogens with zero attached hydrogens (tertiary/aromatic N) is 2. The summed E-state index contributed by atoms with van der Waals surface area (Å²) in [4.78, 5) is 9.21. The number of piperidine rings is 1. The third-order valence-electron chi connectivity index (χ3n) is 4.17. The Kier molecular flexibility index (Phi) is 5.08. The molecule has 5 nitrogen and oxygen atoms in total. The fraction of sp³-hybridized carbons (Fsp3) is 0.444. The van der Waals surface area contributed by atoms with Gasteiger partial charge in [0.15, 0.2) is 5.82 Å². The molecule has 2 aromatic rings. The van der Waals surface area contributed by atoms with Gasteiger partial charge in [-0.3, -0.25) is 0 Å². The van der Waals surface area contributed by atoms with Gasteiger partial charge in [-0.05, 0) is 63.0 Å². The molecule has 5 heteroatoms. The van der Waals surface area contributed by atoms with Crippen molar-refractivity contribution in [2.75, 3.05) is 32.1 Å². The molecule has 1 fully saturated rings. The van der Waals surface area contributed by atoms with Crippen LogP contribution in [0.5, 0.6) is 5.75 Å². The summed E-state index contributed by atoms with van der Waals surface area (Å²) in [7, 11) is 1.67. The molecule has 1 aromatic carbocycles. The Balaban J connectivity index is 1.72. The molecule has 1 aliphatic heterocycles. The van der Waals surface area contributed by atoms with Gasteiger partial charge in [-0.1, -0.05) is 0 Å². The van der Waals surface area contributed by atoms with Gasteiger partial charge >= 0.3 is 0 Å². The normalized spacial score (nSPS) is 17.7. The summed E-state index contributed by atoms with van der Waals surface area (Å²) < 4.78 is 5.20. The molecule has 0 bridgehead atoms. The average molecular weight is 312 g/mol. The third-order valence-corrected chi connectivity index (χ3v) is 4.17. The zero-order valence-electron chi connectivity index (χ0n) is 13.8. The Morgan fingerprint density at radius 2 is 2.09 bits per heavy atom. The van der Waals surface area contributed by atoms with Crippen LogP contribution >= 0.6 is 0 Å². The first-order chi connectivity index (χ1) is 11.2. The SMILES string of the molecule is COc1ccc(-c2nc(C)cc(NCC3CCCNC3)n2)cc1. The minimum absolute atomic E-state index is 0.670. The van der Waals surface area contributed by atoms with Gasteiger partial charge in [0, 0.05) is 23.9 Å². The number of nitrogens with one attached hydrogen (secondary N) is 2. The van der Waals surface area contributed by atoms with Crippen molar-refractivity contribution in [1.29, 1.82) is 0 Å². The van der Waals surface area contributed by atoms with Gasteiger partial charge < -0.3 is 15.4 Å². The molecule has 1 unspecified atom stereocenters. The molecule has 0 saturated carbocycles. The van der Waals surface area contributed by atoms with E-state index >= 15 is 0 Å². The molecular weight excluding hydrogens is 288 g/mol. The van der Waals surface area contributed by atoms with Crippen LogP contribution in [0.15, 0.2) is 30.3 Å². The number of anilines is 1. The maximum atomic E-state index is 5.20. The van der Waals surface area contributed by atoms with E-state index in [0.29, 0.717) is 5.92 Å². The first-order valence-electron chi connectivity index (χ1n) is 8.19. The molecule has 1 saturated heterocycles. The molecular formula is C18H24N4O. The number of aryl methyl sites for hydroxylation is 1. The molecule has 0 aliphatic carbocycles. The van der Waals surface area contributed by atoms with Crippen molar-refractivity contribution < 1.29 is 4.74 Å². The molecule has 1 aromatic heterocycles. The summed E-state index contributed by atoms with van der Waals surface area (Å²) in [6.45, 7) is 5.18. The van der Waals surface area contributed by atoms with E-state index in [4.69, 9.17) is 4.74 Å². The first kappa shape index (κ1) is 15.7. The van der Waals surface area contributed by atoms with E-state index in [0.717, 1.165) is 48.3 Å². The standard InChI is InChI=1S/C18H24N4O/c1-13-10-17(20-12-14-4-3-9-19-11-14)22-18(21-13)15-5-7-16(23-2)8-6-15/h5-8,10,14,19H,3-4,9,11-12H2,1-2H3,(H,20,21,22). The Morgan fingerprint density at radius 3 is 2.78 bits per heavy atom. The summed E-state index contributed by atoms with van der Waals surface area (Å²) in [5.74, 6) is 3.15. The van der Waals surface area contributed by atoms with Crippen molar-refractivity contribution in [3.8, 4) is 17.1 Å². The summed E-state index contributed by atoms with van der Waals surface area (Å²) in [5.41, 5.74) is 1.96. The highest BCUT2D eigenvalue weighted by Crippen LogP contribution is 2.21. The Morgan fingerprint density at radius 1 is 1.26 bits per heavy atom. The van der Waals surface area contributed by atoms with Crippen molar-refractivity contribution in [2.45, 2.75) is 19.8 Å². The highest BCUT2D eigenvalue weighted by atomic mass is 16.5. The second-order valence-electron chi connectivity index (χ2n) is 6.04. The highest BCUT2D eigenvalue weighted by molar-refractivity contribution is 5.58. The van der Waals surface area contributed by atoms with Crippen LogP contribution in [0.2, 0.25) is 0 Å². The smallest absolute Gasteiger partial charge is 0.161 e. The van der Waals surface area contributed by atoms with Gasteiger partial charge in [0.05, 0.1) is 7.11 Å².